The summed E-state index contributed by atoms with van der Waals surface area (Å²) in [5.41, 5.74) is 1.49. The van der Waals surface area contributed by atoms with E-state index in [1.165, 1.54) is 0 Å². The fourth-order valence-corrected chi connectivity index (χ4v) is 1.33. The van der Waals surface area contributed by atoms with Crippen LogP contribution in [-0.4, -0.2) is 10.9 Å². The summed E-state index contributed by atoms with van der Waals surface area (Å²) in [6.45, 7) is 5.52. The van der Waals surface area contributed by atoms with Crippen molar-refractivity contribution in [3.8, 4) is 0 Å². The molecule has 0 saturated carbocycles. The largest absolute Gasteiger partial charge is 0.504 e. The molecule has 1 N–H and O–H groups in total. The number of rotatable bonds is 0. The lowest BCUT2D eigenvalue weighted by Crippen LogP contribution is -2.01. The average Bonchev–Trinajstić information content (AvgIpc) is 2.17. The molecule has 0 bridgehead atoms. The van der Waals surface area contributed by atoms with Crippen LogP contribution >= 0.6 is 0 Å². The van der Waals surface area contributed by atoms with Gasteiger partial charge < -0.3 is 5.11 Å². The maximum atomic E-state index is 11.2. The van der Waals surface area contributed by atoms with Gasteiger partial charge in [0.25, 0.3) is 0 Å². The second-order valence-corrected chi connectivity index (χ2v) is 2.83. The molecule has 0 aromatic heterocycles. The molecular weight excluding hydrogens is 140 g/mol. The number of carbonyl (C=O) groups is 1. The van der Waals surface area contributed by atoms with Gasteiger partial charge in [0.2, 0.25) is 5.78 Å². The highest BCUT2D eigenvalue weighted by atomic mass is 16.3. The Morgan fingerprint density at radius 1 is 1.55 bits per heavy atom. The molecule has 1 aliphatic carbocycles. The number of hydrogen-bond donors (Lipinski definition) is 1. The molecule has 0 heterocycles. The minimum atomic E-state index is -0.211. The van der Waals surface area contributed by atoms with Crippen LogP contribution in [0.1, 0.15) is 20.8 Å². The van der Waals surface area contributed by atoms with Crippen LogP contribution in [-0.2, 0) is 4.79 Å². The molecule has 1 atom stereocenters. The number of aliphatic hydroxyl groups excluding tert-OH is 1. The van der Waals surface area contributed by atoms with E-state index >= 15 is 0 Å². The van der Waals surface area contributed by atoms with E-state index in [0.29, 0.717) is 5.57 Å². The van der Waals surface area contributed by atoms with Gasteiger partial charge in [-0.1, -0.05) is 13.0 Å². The maximum absolute atomic E-state index is 11.2. The Bertz CT molecular complexity index is 259. The molecule has 2 heteroatoms. The fraction of sp³-hybridized carbons (Fsp3) is 0.444. The summed E-state index contributed by atoms with van der Waals surface area (Å²) >= 11 is 0. The van der Waals surface area contributed by atoms with Crippen molar-refractivity contribution in [1.82, 2.24) is 0 Å². The summed E-state index contributed by atoms with van der Waals surface area (Å²) in [5, 5.41) is 9.23. The summed E-state index contributed by atoms with van der Waals surface area (Å²) in [4.78, 5) is 11.2. The normalized spacial score (nSPS) is 28.8. The first-order valence-corrected chi connectivity index (χ1v) is 3.70. The minimum absolute atomic E-state index is 0.0643. The first-order valence-electron chi connectivity index (χ1n) is 3.70. The number of allylic oxidation sites excluding steroid dienone is 3. The number of hydrogen-bond acceptors (Lipinski definition) is 2. The van der Waals surface area contributed by atoms with E-state index in [4.69, 9.17) is 0 Å². The van der Waals surface area contributed by atoms with Crippen molar-refractivity contribution in [2.24, 2.45) is 5.92 Å². The average molecular weight is 152 g/mol. The molecule has 0 fully saturated rings. The molecule has 1 rings (SSSR count). The molecule has 60 valence electrons. The Hall–Kier alpha value is -1.05. The van der Waals surface area contributed by atoms with E-state index in [1.807, 2.05) is 13.8 Å². The first kappa shape index (κ1) is 8.05. The van der Waals surface area contributed by atoms with Crippen molar-refractivity contribution >= 4 is 5.78 Å². The lowest BCUT2D eigenvalue weighted by Gasteiger charge is -2.02. The molecule has 0 aromatic rings. The van der Waals surface area contributed by atoms with Crippen molar-refractivity contribution in [3.05, 3.63) is 23.0 Å². The van der Waals surface area contributed by atoms with E-state index in [9.17, 15) is 9.90 Å². The highest BCUT2D eigenvalue weighted by molar-refractivity contribution is 6.10. The van der Waals surface area contributed by atoms with Crippen LogP contribution in [0, 0.1) is 5.92 Å². The lowest BCUT2D eigenvalue weighted by atomic mass is 10.00. The molecule has 0 spiro atoms. The first-order chi connectivity index (χ1) is 5.09. The van der Waals surface area contributed by atoms with Crippen LogP contribution in [0.25, 0.3) is 0 Å². The van der Waals surface area contributed by atoms with Gasteiger partial charge in [0.1, 0.15) is 0 Å². The lowest BCUT2D eigenvalue weighted by molar-refractivity contribution is -0.114. The summed E-state index contributed by atoms with van der Waals surface area (Å²) < 4.78 is 0. The summed E-state index contributed by atoms with van der Waals surface area (Å²) in [7, 11) is 0. The van der Waals surface area contributed by atoms with Crippen molar-refractivity contribution < 1.29 is 9.90 Å². The number of carbonyl (C=O) groups excluding carboxylic acids is 1. The molecule has 0 aromatic carbocycles. The molecule has 0 radical (unpaired) electrons. The van der Waals surface area contributed by atoms with Gasteiger partial charge in [-0.25, -0.2) is 0 Å². The third-order valence-corrected chi connectivity index (χ3v) is 2.28. The number of Topliss-reactive ketones (excluding diaryl/α,β-unsaturated/α-hetero) is 1. The quantitative estimate of drug-likeness (QED) is 0.539. The summed E-state index contributed by atoms with van der Waals surface area (Å²) in [6, 6.07) is 0. The van der Waals surface area contributed by atoms with Crippen molar-refractivity contribution in [3.63, 3.8) is 0 Å². The fourth-order valence-electron chi connectivity index (χ4n) is 1.33. The van der Waals surface area contributed by atoms with E-state index < -0.39 is 0 Å². The predicted octanol–water partition coefficient (Wildman–Crippen LogP) is 1.98. The second-order valence-electron chi connectivity index (χ2n) is 2.83. The standard InChI is InChI=1S/C9H12O2/c1-4-7-5(2)6(3)8(10)9(7)11/h4-5,10H,1-3H3/b7-4+/t5-/m1/s1. The summed E-state index contributed by atoms with van der Waals surface area (Å²) in [5.74, 6) is -0.185. The minimum Gasteiger partial charge on any atom is -0.504 e. The highest BCUT2D eigenvalue weighted by Crippen LogP contribution is 2.31. The monoisotopic (exact) mass is 152 g/mol. The third kappa shape index (κ3) is 0.985. The third-order valence-electron chi connectivity index (χ3n) is 2.28. The molecule has 11 heavy (non-hydrogen) atoms. The van der Waals surface area contributed by atoms with Crippen LogP contribution in [0.5, 0.6) is 0 Å². The smallest absolute Gasteiger partial charge is 0.223 e. The van der Waals surface area contributed by atoms with E-state index in [-0.39, 0.29) is 17.5 Å². The molecule has 2 nitrogen and oxygen atoms in total. The SMILES string of the molecule is C/C=C1/C(=O)C(O)=C(C)[C@H]1C. The second kappa shape index (κ2) is 2.53. The van der Waals surface area contributed by atoms with E-state index in [2.05, 4.69) is 0 Å². The molecule has 0 saturated heterocycles. The number of ketones is 1. The van der Waals surface area contributed by atoms with Gasteiger partial charge in [0.05, 0.1) is 0 Å². The highest BCUT2D eigenvalue weighted by Gasteiger charge is 2.30. The predicted molar refractivity (Wildman–Crippen MR) is 43.3 cm³/mol. The van der Waals surface area contributed by atoms with Gasteiger partial charge >= 0.3 is 0 Å². The molecule has 0 unspecified atom stereocenters. The van der Waals surface area contributed by atoms with Crippen molar-refractivity contribution in [2.75, 3.05) is 0 Å². The Morgan fingerprint density at radius 3 is 2.27 bits per heavy atom. The molecule has 0 amide bonds. The zero-order valence-electron chi connectivity index (χ0n) is 7.01. The van der Waals surface area contributed by atoms with Crippen LogP contribution in [0.3, 0.4) is 0 Å². The summed E-state index contributed by atoms with van der Waals surface area (Å²) in [6.07, 6.45) is 1.76. The zero-order chi connectivity index (χ0) is 8.59. The van der Waals surface area contributed by atoms with Gasteiger partial charge in [-0.15, -0.1) is 0 Å². The topological polar surface area (TPSA) is 37.3 Å². The van der Waals surface area contributed by atoms with Gasteiger partial charge in [0.15, 0.2) is 5.76 Å². The van der Waals surface area contributed by atoms with Crippen LogP contribution in [0.15, 0.2) is 23.0 Å². The van der Waals surface area contributed by atoms with Gasteiger partial charge in [0, 0.05) is 11.5 Å². The van der Waals surface area contributed by atoms with Gasteiger partial charge in [-0.05, 0) is 19.4 Å². The van der Waals surface area contributed by atoms with E-state index in [1.54, 1.807) is 13.0 Å². The molecular formula is C9H12O2. The Balaban J connectivity index is 3.12. The van der Waals surface area contributed by atoms with Crippen molar-refractivity contribution in [1.29, 1.82) is 0 Å². The van der Waals surface area contributed by atoms with Crippen LogP contribution in [0.2, 0.25) is 0 Å². The van der Waals surface area contributed by atoms with Crippen molar-refractivity contribution in [2.45, 2.75) is 20.8 Å². The van der Waals surface area contributed by atoms with Gasteiger partial charge in [-0.2, -0.15) is 0 Å². The molecule has 1 aliphatic rings. The van der Waals surface area contributed by atoms with Crippen LogP contribution in [0.4, 0.5) is 0 Å². The maximum Gasteiger partial charge on any atom is 0.223 e. The molecule has 0 aliphatic heterocycles. The van der Waals surface area contributed by atoms with E-state index in [0.717, 1.165) is 5.57 Å². The number of aliphatic hydroxyl groups is 1. The Morgan fingerprint density at radius 2 is 2.09 bits per heavy atom. The van der Waals surface area contributed by atoms with Gasteiger partial charge in [-0.3, -0.25) is 4.79 Å². The zero-order valence-corrected chi connectivity index (χ0v) is 7.01. The Labute approximate surface area is 66.2 Å². The van der Waals surface area contributed by atoms with Crippen LogP contribution < -0.4 is 0 Å². The Kier molecular flexibility index (Phi) is 1.85.